The van der Waals surface area contributed by atoms with Gasteiger partial charge in [-0.2, -0.15) is 0 Å². The fraction of sp³-hybridized carbons (Fsp3) is 0.438. The highest BCUT2D eigenvalue weighted by molar-refractivity contribution is 7.99. The van der Waals surface area contributed by atoms with E-state index in [4.69, 9.17) is 4.74 Å². The molecule has 0 fully saturated rings. The zero-order valence-corrected chi connectivity index (χ0v) is 14.0. The summed E-state index contributed by atoms with van der Waals surface area (Å²) in [6.07, 6.45) is 1.22. The molecule has 0 aliphatic rings. The van der Waals surface area contributed by atoms with Crippen molar-refractivity contribution < 1.29 is 9.53 Å². The second-order valence-electron chi connectivity index (χ2n) is 4.99. The Morgan fingerprint density at radius 3 is 2.91 bits per heavy atom. The van der Waals surface area contributed by atoms with Crippen molar-refractivity contribution in [2.75, 3.05) is 12.4 Å². The van der Waals surface area contributed by atoms with Gasteiger partial charge in [0.2, 0.25) is 0 Å². The quantitative estimate of drug-likeness (QED) is 0.445. The molecule has 0 aliphatic heterocycles. The van der Waals surface area contributed by atoms with E-state index in [2.05, 4.69) is 29.3 Å². The van der Waals surface area contributed by atoms with E-state index in [0.29, 0.717) is 13.0 Å². The first kappa shape index (κ1) is 16.5. The summed E-state index contributed by atoms with van der Waals surface area (Å²) >= 11 is 1.61. The van der Waals surface area contributed by atoms with Gasteiger partial charge in [0.1, 0.15) is 0 Å². The van der Waals surface area contributed by atoms with Gasteiger partial charge in [-0.3, -0.25) is 4.79 Å². The predicted molar refractivity (Wildman–Crippen MR) is 87.8 cm³/mol. The number of thioether (sulfide) groups is 1. The lowest BCUT2D eigenvalue weighted by Gasteiger charge is -2.05. The van der Waals surface area contributed by atoms with Crippen molar-refractivity contribution in [2.45, 2.75) is 31.8 Å². The Morgan fingerprint density at radius 2 is 2.18 bits per heavy atom. The van der Waals surface area contributed by atoms with Gasteiger partial charge in [-0.15, -0.1) is 10.2 Å². The molecule has 0 amide bonds. The number of carbonyl (C=O) groups excluding carboxylic acids is 1. The minimum atomic E-state index is -0.137. The summed E-state index contributed by atoms with van der Waals surface area (Å²) in [5, 5.41) is 9.37. The van der Waals surface area contributed by atoms with Gasteiger partial charge < -0.3 is 9.30 Å². The van der Waals surface area contributed by atoms with Crippen LogP contribution in [0.15, 0.2) is 29.4 Å². The van der Waals surface area contributed by atoms with Gasteiger partial charge in [-0.25, -0.2) is 0 Å². The summed E-state index contributed by atoms with van der Waals surface area (Å²) in [4.78, 5) is 11.3. The molecule has 6 heteroatoms. The van der Waals surface area contributed by atoms with E-state index in [1.54, 1.807) is 11.8 Å². The fourth-order valence-electron chi connectivity index (χ4n) is 2.09. The standard InChI is InChI=1S/C16H21N3O2S/c1-4-21-14(20)9-6-10-22-16-18-17-15(19(16)3)13-8-5-7-12(2)11-13/h5,7-8,11H,4,6,9-10H2,1-3H3. The minimum Gasteiger partial charge on any atom is -0.466 e. The van der Waals surface area contributed by atoms with Gasteiger partial charge in [0.15, 0.2) is 11.0 Å². The van der Waals surface area contributed by atoms with E-state index >= 15 is 0 Å². The van der Waals surface area contributed by atoms with Gasteiger partial charge in [-0.1, -0.05) is 35.5 Å². The summed E-state index contributed by atoms with van der Waals surface area (Å²) < 4.78 is 6.90. The van der Waals surface area contributed by atoms with Crippen LogP contribution < -0.4 is 0 Å². The van der Waals surface area contributed by atoms with Crippen LogP contribution in [-0.4, -0.2) is 33.1 Å². The third kappa shape index (κ3) is 4.34. The number of nitrogens with zero attached hydrogens (tertiary/aromatic N) is 3. The SMILES string of the molecule is CCOC(=O)CCCSc1nnc(-c2cccc(C)c2)n1C. The van der Waals surface area contributed by atoms with E-state index in [1.165, 1.54) is 5.56 Å². The second-order valence-corrected chi connectivity index (χ2v) is 6.05. The Morgan fingerprint density at radius 1 is 1.36 bits per heavy atom. The van der Waals surface area contributed by atoms with Gasteiger partial charge in [0.25, 0.3) is 0 Å². The zero-order valence-electron chi connectivity index (χ0n) is 13.2. The first-order chi connectivity index (χ1) is 10.6. The van der Waals surface area contributed by atoms with Crippen molar-refractivity contribution in [1.29, 1.82) is 0 Å². The molecule has 0 bridgehead atoms. The van der Waals surface area contributed by atoms with Crippen LogP contribution in [0.3, 0.4) is 0 Å². The number of aryl methyl sites for hydroxylation is 1. The highest BCUT2D eigenvalue weighted by Gasteiger charge is 2.11. The van der Waals surface area contributed by atoms with Gasteiger partial charge in [0.05, 0.1) is 6.61 Å². The maximum absolute atomic E-state index is 11.3. The molecule has 0 radical (unpaired) electrons. The second kappa shape index (κ2) is 7.98. The van der Waals surface area contributed by atoms with Gasteiger partial charge >= 0.3 is 5.97 Å². The number of aromatic nitrogens is 3. The van der Waals surface area contributed by atoms with Crippen LogP contribution in [-0.2, 0) is 16.6 Å². The normalized spacial score (nSPS) is 10.7. The number of rotatable bonds is 7. The number of ether oxygens (including phenoxy) is 1. The van der Waals surface area contributed by atoms with Crippen molar-refractivity contribution in [3.8, 4) is 11.4 Å². The van der Waals surface area contributed by atoms with Crippen LogP contribution in [0.1, 0.15) is 25.3 Å². The number of carbonyl (C=O) groups is 1. The van der Waals surface area contributed by atoms with Crippen molar-refractivity contribution >= 4 is 17.7 Å². The lowest BCUT2D eigenvalue weighted by atomic mass is 10.1. The monoisotopic (exact) mass is 319 g/mol. The summed E-state index contributed by atoms with van der Waals surface area (Å²) in [5.74, 6) is 1.54. The van der Waals surface area contributed by atoms with E-state index in [-0.39, 0.29) is 5.97 Å². The predicted octanol–water partition coefficient (Wildman–Crippen LogP) is 3.23. The Kier molecular flexibility index (Phi) is 6.00. The van der Waals surface area contributed by atoms with Crippen LogP contribution in [0.4, 0.5) is 0 Å². The molecule has 2 aromatic rings. The molecule has 0 N–H and O–H groups in total. The highest BCUT2D eigenvalue weighted by Crippen LogP contribution is 2.23. The van der Waals surface area contributed by atoms with E-state index in [0.717, 1.165) is 28.7 Å². The van der Waals surface area contributed by atoms with Crippen LogP contribution in [0.5, 0.6) is 0 Å². The topological polar surface area (TPSA) is 57.0 Å². The van der Waals surface area contributed by atoms with Gasteiger partial charge in [0, 0.05) is 24.8 Å². The number of hydrogen-bond donors (Lipinski definition) is 0. The Bertz CT molecular complexity index is 640. The minimum absolute atomic E-state index is 0.137. The third-order valence-corrected chi connectivity index (χ3v) is 4.28. The van der Waals surface area contributed by atoms with Crippen LogP contribution in [0, 0.1) is 6.92 Å². The molecule has 118 valence electrons. The number of esters is 1. The van der Waals surface area contributed by atoms with E-state index < -0.39 is 0 Å². The highest BCUT2D eigenvalue weighted by atomic mass is 32.2. The average molecular weight is 319 g/mol. The number of benzene rings is 1. The molecular formula is C16H21N3O2S. The molecule has 22 heavy (non-hydrogen) atoms. The summed E-state index contributed by atoms with van der Waals surface area (Å²) in [5.41, 5.74) is 2.26. The molecule has 0 atom stereocenters. The van der Waals surface area contributed by atoms with Crippen LogP contribution >= 0.6 is 11.8 Å². The lowest BCUT2D eigenvalue weighted by molar-refractivity contribution is -0.143. The van der Waals surface area contributed by atoms with Crippen molar-refractivity contribution in [1.82, 2.24) is 14.8 Å². The number of hydrogen-bond acceptors (Lipinski definition) is 5. The van der Waals surface area contributed by atoms with E-state index in [1.807, 2.05) is 30.7 Å². The molecule has 1 aromatic heterocycles. The zero-order chi connectivity index (χ0) is 15.9. The molecule has 0 spiro atoms. The largest absolute Gasteiger partial charge is 0.466 e. The molecular weight excluding hydrogens is 298 g/mol. The summed E-state index contributed by atoms with van der Waals surface area (Å²) in [6.45, 7) is 4.32. The maximum Gasteiger partial charge on any atom is 0.305 e. The molecule has 5 nitrogen and oxygen atoms in total. The molecule has 0 saturated heterocycles. The van der Waals surface area contributed by atoms with Crippen molar-refractivity contribution in [3.63, 3.8) is 0 Å². The molecule has 0 unspecified atom stereocenters. The van der Waals surface area contributed by atoms with Gasteiger partial charge in [-0.05, 0) is 26.3 Å². The molecule has 0 aliphatic carbocycles. The van der Waals surface area contributed by atoms with Crippen LogP contribution in [0.2, 0.25) is 0 Å². The summed E-state index contributed by atoms with van der Waals surface area (Å²) in [7, 11) is 1.96. The summed E-state index contributed by atoms with van der Waals surface area (Å²) in [6, 6.07) is 8.21. The third-order valence-electron chi connectivity index (χ3n) is 3.17. The fourth-order valence-corrected chi connectivity index (χ4v) is 2.94. The average Bonchev–Trinajstić information content (AvgIpc) is 2.85. The smallest absolute Gasteiger partial charge is 0.305 e. The molecule has 1 aromatic carbocycles. The Labute approximate surface area is 135 Å². The van der Waals surface area contributed by atoms with Crippen molar-refractivity contribution in [2.24, 2.45) is 7.05 Å². The molecule has 2 rings (SSSR count). The molecule has 1 heterocycles. The Hall–Kier alpha value is -1.82. The molecule has 0 saturated carbocycles. The Balaban J connectivity index is 1.93. The first-order valence-corrected chi connectivity index (χ1v) is 8.35. The van der Waals surface area contributed by atoms with E-state index in [9.17, 15) is 4.79 Å². The lowest BCUT2D eigenvalue weighted by Crippen LogP contribution is -2.04. The maximum atomic E-state index is 11.3. The first-order valence-electron chi connectivity index (χ1n) is 7.36. The van der Waals surface area contributed by atoms with Crippen molar-refractivity contribution in [3.05, 3.63) is 29.8 Å². The van der Waals surface area contributed by atoms with Crippen LogP contribution in [0.25, 0.3) is 11.4 Å².